The quantitative estimate of drug-likeness (QED) is 0.792. The summed E-state index contributed by atoms with van der Waals surface area (Å²) in [5.41, 5.74) is 0.639. The van der Waals surface area contributed by atoms with E-state index in [1.54, 1.807) is 12.1 Å². The third-order valence-corrected chi connectivity index (χ3v) is 2.74. The molecule has 2 nitrogen and oxygen atoms in total. The third-order valence-electron chi connectivity index (χ3n) is 2.74. The Morgan fingerprint density at radius 1 is 1.27 bits per heavy atom. The van der Waals surface area contributed by atoms with Crippen molar-refractivity contribution in [1.82, 2.24) is 5.32 Å². The minimum atomic E-state index is -0.744. The maximum atomic E-state index is 12.9. The first kappa shape index (κ1) is 10.1. The Bertz CT molecular complexity index is 339. The molecule has 0 heterocycles. The summed E-state index contributed by atoms with van der Waals surface area (Å²) in [7, 11) is 0. The fraction of sp³-hybridized carbons (Fsp3) is 0.417. The second-order valence-corrected chi connectivity index (χ2v) is 3.95. The number of rotatable bonds is 2. The number of amides is 1. The molecule has 1 aromatic rings. The Labute approximate surface area is 88.5 Å². The number of carbonyl (C=O) groups is 1. The number of halogens is 1. The smallest absolute Gasteiger partial charge is 0.251 e. The van der Waals surface area contributed by atoms with Crippen molar-refractivity contribution in [3.8, 4) is 0 Å². The van der Waals surface area contributed by atoms with Gasteiger partial charge in [0.25, 0.3) is 5.91 Å². The molecule has 2 rings (SSSR count). The molecule has 0 aliphatic heterocycles. The van der Waals surface area contributed by atoms with Crippen LogP contribution in [-0.2, 0) is 0 Å². The first-order chi connectivity index (χ1) is 7.25. The van der Waals surface area contributed by atoms with E-state index in [4.69, 9.17) is 0 Å². The minimum Gasteiger partial charge on any atom is -0.349 e. The van der Waals surface area contributed by atoms with Crippen molar-refractivity contribution in [2.45, 2.75) is 31.5 Å². The molecule has 15 heavy (non-hydrogen) atoms. The van der Waals surface area contributed by atoms with Crippen LogP contribution in [0.3, 0.4) is 0 Å². The van der Waals surface area contributed by atoms with Crippen molar-refractivity contribution in [2.24, 2.45) is 0 Å². The highest BCUT2D eigenvalue weighted by molar-refractivity contribution is 5.94. The fourth-order valence-corrected chi connectivity index (χ4v) is 1.92. The van der Waals surface area contributed by atoms with Crippen LogP contribution in [0.5, 0.6) is 0 Å². The van der Waals surface area contributed by atoms with Crippen LogP contribution in [0, 0.1) is 0 Å². The zero-order valence-corrected chi connectivity index (χ0v) is 8.45. The van der Waals surface area contributed by atoms with Crippen molar-refractivity contribution in [1.29, 1.82) is 0 Å². The van der Waals surface area contributed by atoms with Gasteiger partial charge in [0.1, 0.15) is 6.17 Å². The number of nitrogens with one attached hydrogen (secondary N) is 1. The maximum Gasteiger partial charge on any atom is 0.251 e. The van der Waals surface area contributed by atoms with Crippen LogP contribution in [0.25, 0.3) is 0 Å². The summed E-state index contributed by atoms with van der Waals surface area (Å²) in [6.45, 7) is 0. The molecular weight excluding hydrogens is 193 g/mol. The molecule has 2 atom stereocenters. The topological polar surface area (TPSA) is 29.1 Å². The average Bonchev–Trinajstić information content (AvgIpc) is 2.65. The predicted molar refractivity (Wildman–Crippen MR) is 56.4 cm³/mol. The highest BCUT2D eigenvalue weighted by Crippen LogP contribution is 2.21. The molecule has 0 spiro atoms. The zero-order valence-electron chi connectivity index (χ0n) is 8.45. The number of benzene rings is 1. The largest absolute Gasteiger partial charge is 0.349 e. The van der Waals surface area contributed by atoms with Gasteiger partial charge in [-0.2, -0.15) is 0 Å². The van der Waals surface area contributed by atoms with Gasteiger partial charge in [-0.05, 0) is 31.4 Å². The van der Waals surface area contributed by atoms with Gasteiger partial charge in [0.2, 0.25) is 0 Å². The maximum absolute atomic E-state index is 12.9. The summed E-state index contributed by atoms with van der Waals surface area (Å²) in [5, 5.41) is 2.85. The molecule has 3 heteroatoms. The summed E-state index contributed by atoms with van der Waals surface area (Å²) in [5.74, 6) is -0.102. The van der Waals surface area contributed by atoms with E-state index >= 15 is 0 Å². The first-order valence-electron chi connectivity index (χ1n) is 5.25. The molecule has 1 saturated carbocycles. The van der Waals surface area contributed by atoms with E-state index in [1.165, 1.54) is 0 Å². The molecular formula is C12H14FNO. The SMILES string of the molecule is O=C(N[C@H]1CC[C@@H](F)C1)c1ccccc1. The molecule has 1 aliphatic carbocycles. The lowest BCUT2D eigenvalue weighted by Crippen LogP contribution is -2.32. The van der Waals surface area contributed by atoms with Crippen LogP contribution in [0.2, 0.25) is 0 Å². The molecule has 1 N–H and O–H groups in total. The number of carbonyl (C=O) groups excluding carboxylic acids is 1. The zero-order chi connectivity index (χ0) is 10.7. The first-order valence-corrected chi connectivity index (χ1v) is 5.25. The van der Waals surface area contributed by atoms with Gasteiger partial charge in [-0.25, -0.2) is 4.39 Å². The molecule has 0 radical (unpaired) electrons. The lowest BCUT2D eigenvalue weighted by molar-refractivity contribution is 0.0936. The van der Waals surface area contributed by atoms with Crippen LogP contribution >= 0.6 is 0 Å². The monoisotopic (exact) mass is 207 g/mol. The molecule has 0 aromatic heterocycles. The van der Waals surface area contributed by atoms with E-state index in [2.05, 4.69) is 5.32 Å². The van der Waals surface area contributed by atoms with Crippen LogP contribution in [0.15, 0.2) is 30.3 Å². The van der Waals surface area contributed by atoms with Crippen LogP contribution < -0.4 is 5.32 Å². The van der Waals surface area contributed by atoms with Gasteiger partial charge in [0.15, 0.2) is 0 Å². The molecule has 0 unspecified atom stereocenters. The third kappa shape index (κ3) is 2.55. The summed E-state index contributed by atoms with van der Waals surface area (Å²) >= 11 is 0. The Morgan fingerprint density at radius 2 is 2.00 bits per heavy atom. The van der Waals surface area contributed by atoms with Gasteiger partial charge < -0.3 is 5.32 Å². The highest BCUT2D eigenvalue weighted by atomic mass is 19.1. The van der Waals surface area contributed by atoms with E-state index in [0.717, 1.165) is 6.42 Å². The Balaban J connectivity index is 1.93. The van der Waals surface area contributed by atoms with Gasteiger partial charge in [0, 0.05) is 11.6 Å². The van der Waals surface area contributed by atoms with Gasteiger partial charge in [-0.3, -0.25) is 4.79 Å². The number of hydrogen-bond acceptors (Lipinski definition) is 1. The Hall–Kier alpha value is -1.38. The van der Waals surface area contributed by atoms with Gasteiger partial charge in [-0.15, -0.1) is 0 Å². The normalized spacial score (nSPS) is 25.1. The Morgan fingerprint density at radius 3 is 2.60 bits per heavy atom. The van der Waals surface area contributed by atoms with Gasteiger partial charge in [0.05, 0.1) is 0 Å². The molecule has 1 fully saturated rings. The lowest BCUT2D eigenvalue weighted by Gasteiger charge is -2.11. The average molecular weight is 207 g/mol. The molecule has 1 aliphatic rings. The second-order valence-electron chi connectivity index (χ2n) is 3.95. The fourth-order valence-electron chi connectivity index (χ4n) is 1.92. The van der Waals surface area contributed by atoms with Crippen LogP contribution in [0.1, 0.15) is 29.6 Å². The van der Waals surface area contributed by atoms with Crippen molar-refractivity contribution < 1.29 is 9.18 Å². The predicted octanol–water partition coefficient (Wildman–Crippen LogP) is 2.31. The van der Waals surface area contributed by atoms with E-state index in [-0.39, 0.29) is 11.9 Å². The summed E-state index contributed by atoms with van der Waals surface area (Å²) in [4.78, 5) is 11.7. The minimum absolute atomic E-state index is 0.00714. The van der Waals surface area contributed by atoms with Gasteiger partial charge >= 0.3 is 0 Å². The molecule has 1 aromatic carbocycles. The summed E-state index contributed by atoms with van der Waals surface area (Å²) in [6.07, 6.45) is 1.03. The van der Waals surface area contributed by atoms with E-state index in [1.807, 2.05) is 18.2 Å². The van der Waals surface area contributed by atoms with Crippen molar-refractivity contribution >= 4 is 5.91 Å². The molecule has 80 valence electrons. The highest BCUT2D eigenvalue weighted by Gasteiger charge is 2.25. The van der Waals surface area contributed by atoms with E-state index in [9.17, 15) is 9.18 Å². The lowest BCUT2D eigenvalue weighted by atomic mass is 10.2. The molecule has 1 amide bonds. The number of alkyl halides is 1. The van der Waals surface area contributed by atoms with E-state index in [0.29, 0.717) is 18.4 Å². The summed E-state index contributed by atoms with van der Waals surface area (Å²) < 4.78 is 12.9. The van der Waals surface area contributed by atoms with Crippen molar-refractivity contribution in [2.75, 3.05) is 0 Å². The van der Waals surface area contributed by atoms with Crippen LogP contribution in [0.4, 0.5) is 4.39 Å². The molecule has 0 saturated heterocycles. The van der Waals surface area contributed by atoms with E-state index < -0.39 is 6.17 Å². The standard InChI is InChI=1S/C12H14FNO/c13-10-6-7-11(8-10)14-12(15)9-4-2-1-3-5-9/h1-5,10-11H,6-8H2,(H,14,15)/t10-,11+/m1/s1. The second kappa shape index (κ2) is 4.43. The number of hydrogen-bond donors (Lipinski definition) is 1. The van der Waals surface area contributed by atoms with Gasteiger partial charge in [-0.1, -0.05) is 18.2 Å². The summed E-state index contributed by atoms with van der Waals surface area (Å²) in [6, 6.07) is 9.04. The molecule has 0 bridgehead atoms. The van der Waals surface area contributed by atoms with Crippen molar-refractivity contribution in [3.05, 3.63) is 35.9 Å². The Kier molecular flexibility index (Phi) is 2.99. The van der Waals surface area contributed by atoms with Crippen LogP contribution in [-0.4, -0.2) is 18.1 Å². The van der Waals surface area contributed by atoms with Crippen molar-refractivity contribution in [3.63, 3.8) is 0 Å².